The highest BCUT2D eigenvalue weighted by Gasteiger charge is 2.41. The van der Waals surface area contributed by atoms with Gasteiger partial charge in [0.15, 0.2) is 0 Å². The molecule has 3 nitrogen and oxygen atoms in total. The number of carbonyl (C=O) groups is 1. The van der Waals surface area contributed by atoms with Crippen LogP contribution in [0.3, 0.4) is 0 Å². The number of nitrogens with one attached hydrogen (secondary N) is 1. The van der Waals surface area contributed by atoms with Crippen molar-refractivity contribution in [3.05, 3.63) is 35.4 Å². The van der Waals surface area contributed by atoms with Crippen molar-refractivity contribution in [1.29, 1.82) is 0 Å². The minimum atomic E-state index is -0.484. The van der Waals surface area contributed by atoms with Crippen LogP contribution < -0.4 is 5.32 Å². The Morgan fingerprint density at radius 1 is 1.30 bits per heavy atom. The van der Waals surface area contributed by atoms with Crippen molar-refractivity contribution in [1.82, 2.24) is 5.32 Å². The zero-order valence-corrected chi connectivity index (χ0v) is 12.3. The van der Waals surface area contributed by atoms with Gasteiger partial charge in [0.2, 0.25) is 0 Å². The van der Waals surface area contributed by atoms with E-state index >= 15 is 0 Å². The molecule has 0 radical (unpaired) electrons. The van der Waals surface area contributed by atoms with Crippen LogP contribution in [0.2, 0.25) is 0 Å². The molecule has 0 atom stereocenters. The summed E-state index contributed by atoms with van der Waals surface area (Å²) in [4.78, 5) is 12.0. The standard InChI is InChI=1S/C17H21NO2/c1-5-13-7-9-14(10-8-13)17(11-6-12-17)18-15(19)20-16(2,3)4/h1,7-10H,6,11-12H2,2-4H3,(H,18,19). The third-order valence-corrected chi connectivity index (χ3v) is 3.55. The first-order valence-electron chi connectivity index (χ1n) is 6.93. The molecule has 0 heterocycles. The van der Waals surface area contributed by atoms with Gasteiger partial charge in [0, 0.05) is 5.56 Å². The number of terminal acetylenes is 1. The molecule has 0 saturated heterocycles. The number of amides is 1. The number of carbonyl (C=O) groups excluding carboxylic acids is 1. The molecule has 1 amide bonds. The van der Waals surface area contributed by atoms with Crippen LogP contribution >= 0.6 is 0 Å². The van der Waals surface area contributed by atoms with Gasteiger partial charge in [-0.15, -0.1) is 6.42 Å². The molecular weight excluding hydrogens is 250 g/mol. The van der Waals surface area contributed by atoms with Gasteiger partial charge in [0.05, 0.1) is 5.54 Å². The lowest BCUT2D eigenvalue weighted by Gasteiger charge is -2.43. The SMILES string of the molecule is C#Cc1ccc(C2(NC(=O)OC(C)(C)C)CCC2)cc1. The van der Waals surface area contributed by atoms with Gasteiger partial charge >= 0.3 is 6.09 Å². The van der Waals surface area contributed by atoms with Gasteiger partial charge in [-0.2, -0.15) is 0 Å². The third-order valence-electron chi connectivity index (χ3n) is 3.55. The Morgan fingerprint density at radius 2 is 1.90 bits per heavy atom. The minimum absolute atomic E-state index is 0.296. The molecule has 1 aliphatic rings. The van der Waals surface area contributed by atoms with Crippen LogP contribution in [0.4, 0.5) is 4.79 Å². The summed E-state index contributed by atoms with van der Waals surface area (Å²) in [6, 6.07) is 7.80. The average Bonchev–Trinajstić information content (AvgIpc) is 2.32. The fourth-order valence-corrected chi connectivity index (χ4v) is 2.40. The number of rotatable bonds is 2. The lowest BCUT2D eigenvalue weighted by molar-refractivity contribution is 0.0377. The van der Waals surface area contributed by atoms with E-state index in [9.17, 15) is 4.79 Å². The summed E-state index contributed by atoms with van der Waals surface area (Å²) in [7, 11) is 0. The van der Waals surface area contributed by atoms with E-state index in [1.165, 1.54) is 0 Å². The summed E-state index contributed by atoms with van der Waals surface area (Å²) in [5.74, 6) is 2.60. The first-order chi connectivity index (χ1) is 9.35. The van der Waals surface area contributed by atoms with Crippen LogP contribution in [0, 0.1) is 12.3 Å². The van der Waals surface area contributed by atoms with E-state index in [4.69, 9.17) is 11.2 Å². The van der Waals surface area contributed by atoms with E-state index in [0.29, 0.717) is 0 Å². The fraction of sp³-hybridized carbons (Fsp3) is 0.471. The topological polar surface area (TPSA) is 38.3 Å². The number of benzene rings is 1. The molecule has 1 aliphatic carbocycles. The van der Waals surface area contributed by atoms with Crippen molar-refractivity contribution in [2.75, 3.05) is 0 Å². The second-order valence-electron chi connectivity index (χ2n) is 6.28. The Kier molecular flexibility index (Phi) is 3.76. The third kappa shape index (κ3) is 3.14. The Morgan fingerprint density at radius 3 is 2.30 bits per heavy atom. The lowest BCUT2D eigenvalue weighted by atomic mass is 9.72. The Bertz CT molecular complexity index is 528. The van der Waals surface area contributed by atoms with Crippen LogP contribution in [0.25, 0.3) is 0 Å². The number of alkyl carbamates (subject to hydrolysis) is 1. The predicted molar refractivity (Wildman–Crippen MR) is 79.3 cm³/mol. The number of ether oxygens (including phenoxy) is 1. The summed E-state index contributed by atoms with van der Waals surface area (Å²) in [6.07, 6.45) is 7.97. The number of hydrogen-bond donors (Lipinski definition) is 1. The molecule has 20 heavy (non-hydrogen) atoms. The molecule has 1 aromatic carbocycles. The zero-order chi connectivity index (χ0) is 14.8. The van der Waals surface area contributed by atoms with Crippen molar-refractivity contribution >= 4 is 6.09 Å². The Hall–Kier alpha value is -1.95. The first kappa shape index (κ1) is 14.5. The second-order valence-corrected chi connectivity index (χ2v) is 6.28. The van der Waals surface area contributed by atoms with Crippen LogP contribution in [-0.2, 0) is 10.3 Å². The van der Waals surface area contributed by atoms with Gasteiger partial charge < -0.3 is 10.1 Å². The first-order valence-corrected chi connectivity index (χ1v) is 6.93. The summed E-state index contributed by atoms with van der Waals surface area (Å²) >= 11 is 0. The summed E-state index contributed by atoms with van der Waals surface area (Å²) in [5.41, 5.74) is 1.16. The highest BCUT2D eigenvalue weighted by Crippen LogP contribution is 2.41. The largest absolute Gasteiger partial charge is 0.444 e. The van der Waals surface area contributed by atoms with Crippen molar-refractivity contribution in [3.63, 3.8) is 0 Å². The van der Waals surface area contributed by atoms with Gasteiger partial charge in [0.1, 0.15) is 5.60 Å². The van der Waals surface area contributed by atoms with E-state index in [-0.39, 0.29) is 11.6 Å². The van der Waals surface area contributed by atoms with Crippen LogP contribution in [0.1, 0.15) is 51.2 Å². The molecule has 0 aromatic heterocycles. The van der Waals surface area contributed by atoms with E-state index in [1.54, 1.807) is 0 Å². The fourth-order valence-electron chi connectivity index (χ4n) is 2.40. The summed E-state index contributed by atoms with van der Waals surface area (Å²) in [5, 5.41) is 3.03. The molecule has 3 heteroatoms. The second kappa shape index (κ2) is 5.20. The minimum Gasteiger partial charge on any atom is -0.444 e. The van der Waals surface area contributed by atoms with E-state index < -0.39 is 5.60 Å². The van der Waals surface area contributed by atoms with Crippen molar-refractivity contribution in [2.45, 2.75) is 51.2 Å². The Balaban J connectivity index is 2.13. The smallest absolute Gasteiger partial charge is 0.408 e. The molecule has 1 fully saturated rings. The maximum Gasteiger partial charge on any atom is 0.408 e. The van der Waals surface area contributed by atoms with Crippen LogP contribution in [0.15, 0.2) is 24.3 Å². The monoisotopic (exact) mass is 271 g/mol. The van der Waals surface area contributed by atoms with E-state index in [2.05, 4.69) is 11.2 Å². The summed E-state index contributed by atoms with van der Waals surface area (Å²) < 4.78 is 5.35. The van der Waals surface area contributed by atoms with Crippen molar-refractivity contribution in [3.8, 4) is 12.3 Å². The highest BCUT2D eigenvalue weighted by molar-refractivity contribution is 5.69. The lowest BCUT2D eigenvalue weighted by Crippen LogP contribution is -2.52. The van der Waals surface area contributed by atoms with Crippen molar-refractivity contribution < 1.29 is 9.53 Å². The molecule has 2 rings (SSSR count). The predicted octanol–water partition coefficient (Wildman–Crippen LogP) is 3.57. The molecule has 1 saturated carbocycles. The zero-order valence-electron chi connectivity index (χ0n) is 12.3. The van der Waals surface area contributed by atoms with Gasteiger partial charge in [-0.05, 0) is 57.7 Å². The maximum atomic E-state index is 12.0. The van der Waals surface area contributed by atoms with Gasteiger partial charge in [-0.25, -0.2) is 4.79 Å². The molecule has 106 valence electrons. The normalized spacial score (nSPS) is 16.7. The Labute approximate surface area is 120 Å². The molecule has 0 spiro atoms. The quantitative estimate of drug-likeness (QED) is 0.835. The van der Waals surface area contributed by atoms with Crippen LogP contribution in [-0.4, -0.2) is 11.7 Å². The molecule has 1 N–H and O–H groups in total. The van der Waals surface area contributed by atoms with E-state index in [0.717, 1.165) is 30.4 Å². The maximum absolute atomic E-state index is 12.0. The number of hydrogen-bond acceptors (Lipinski definition) is 2. The van der Waals surface area contributed by atoms with Crippen LogP contribution in [0.5, 0.6) is 0 Å². The van der Waals surface area contributed by atoms with E-state index in [1.807, 2.05) is 45.0 Å². The molecule has 0 unspecified atom stereocenters. The van der Waals surface area contributed by atoms with Gasteiger partial charge in [0.25, 0.3) is 0 Å². The molecular formula is C17H21NO2. The molecule has 1 aromatic rings. The highest BCUT2D eigenvalue weighted by atomic mass is 16.6. The molecule has 0 aliphatic heterocycles. The van der Waals surface area contributed by atoms with Gasteiger partial charge in [-0.3, -0.25) is 0 Å². The molecule has 0 bridgehead atoms. The van der Waals surface area contributed by atoms with Gasteiger partial charge in [-0.1, -0.05) is 18.1 Å². The summed E-state index contributed by atoms with van der Waals surface area (Å²) in [6.45, 7) is 5.59. The van der Waals surface area contributed by atoms with Crippen molar-refractivity contribution in [2.24, 2.45) is 0 Å². The average molecular weight is 271 g/mol.